The molecule has 2 atom stereocenters. The van der Waals surface area contributed by atoms with E-state index in [9.17, 15) is 4.79 Å². The molecule has 1 fully saturated rings. The Morgan fingerprint density at radius 1 is 1.08 bits per heavy atom. The molecule has 24 heavy (non-hydrogen) atoms. The van der Waals surface area contributed by atoms with E-state index in [1.165, 1.54) is 57.8 Å². The molecule has 1 aliphatic heterocycles. The highest BCUT2D eigenvalue weighted by Gasteiger charge is 2.39. The molecule has 0 aromatic heterocycles. The SMILES string of the molecule is CCCCCCCCCCCCOCC1COC(C)(CC(=O)O)O1. The Kier molecular flexibility index (Phi) is 11.3. The molecule has 1 rings (SSSR count). The van der Waals surface area contributed by atoms with Gasteiger partial charge in [-0.2, -0.15) is 0 Å². The predicted molar refractivity (Wildman–Crippen MR) is 94.1 cm³/mol. The van der Waals surface area contributed by atoms with Crippen molar-refractivity contribution in [2.24, 2.45) is 0 Å². The zero-order valence-electron chi connectivity index (χ0n) is 15.6. The van der Waals surface area contributed by atoms with Crippen LogP contribution in [0.3, 0.4) is 0 Å². The molecule has 0 amide bonds. The topological polar surface area (TPSA) is 65.0 Å². The fraction of sp³-hybridized carbons (Fsp3) is 0.947. The lowest BCUT2D eigenvalue weighted by molar-refractivity contribution is -0.179. The van der Waals surface area contributed by atoms with Gasteiger partial charge in [0.05, 0.1) is 19.6 Å². The monoisotopic (exact) mass is 344 g/mol. The summed E-state index contributed by atoms with van der Waals surface area (Å²) in [4.78, 5) is 10.7. The van der Waals surface area contributed by atoms with Crippen LogP contribution in [0.25, 0.3) is 0 Å². The number of hydrogen-bond acceptors (Lipinski definition) is 4. The van der Waals surface area contributed by atoms with E-state index in [4.69, 9.17) is 19.3 Å². The zero-order valence-corrected chi connectivity index (χ0v) is 15.6. The molecule has 0 radical (unpaired) electrons. The summed E-state index contributed by atoms with van der Waals surface area (Å²) in [6.07, 6.45) is 12.8. The van der Waals surface area contributed by atoms with Gasteiger partial charge in [-0.25, -0.2) is 0 Å². The Labute approximate surface area is 147 Å². The minimum atomic E-state index is -1.00. The first-order valence-corrected chi connectivity index (χ1v) is 9.67. The summed E-state index contributed by atoms with van der Waals surface area (Å²) in [5, 5.41) is 8.82. The molecular formula is C19H36O5. The van der Waals surface area contributed by atoms with E-state index in [-0.39, 0.29) is 12.5 Å². The average Bonchev–Trinajstić information content (AvgIpc) is 2.88. The third-order valence-electron chi connectivity index (χ3n) is 4.41. The predicted octanol–water partition coefficient (Wildman–Crippen LogP) is 4.53. The maximum absolute atomic E-state index is 10.7. The molecule has 142 valence electrons. The van der Waals surface area contributed by atoms with Crippen molar-refractivity contribution in [3.8, 4) is 0 Å². The molecule has 0 aliphatic carbocycles. The molecule has 1 N–H and O–H groups in total. The lowest BCUT2D eigenvalue weighted by Gasteiger charge is -2.20. The number of rotatable bonds is 15. The summed E-state index contributed by atoms with van der Waals surface area (Å²) in [5.74, 6) is -1.92. The summed E-state index contributed by atoms with van der Waals surface area (Å²) < 4.78 is 16.7. The van der Waals surface area contributed by atoms with E-state index in [2.05, 4.69) is 6.92 Å². The van der Waals surface area contributed by atoms with E-state index in [1.807, 2.05) is 0 Å². The molecular weight excluding hydrogens is 308 g/mol. The van der Waals surface area contributed by atoms with Crippen molar-refractivity contribution in [3.05, 3.63) is 0 Å². The Bertz CT molecular complexity index is 334. The van der Waals surface area contributed by atoms with Gasteiger partial charge < -0.3 is 19.3 Å². The summed E-state index contributed by atoms with van der Waals surface area (Å²) in [6.45, 7) is 5.55. The number of ether oxygens (including phenoxy) is 3. The highest BCUT2D eigenvalue weighted by molar-refractivity contribution is 5.67. The molecule has 0 aromatic rings. The highest BCUT2D eigenvalue weighted by atomic mass is 16.7. The first-order chi connectivity index (χ1) is 11.6. The summed E-state index contributed by atoms with van der Waals surface area (Å²) >= 11 is 0. The van der Waals surface area contributed by atoms with E-state index >= 15 is 0 Å². The maximum atomic E-state index is 10.7. The lowest BCUT2D eigenvalue weighted by Crippen LogP contribution is -2.30. The van der Waals surface area contributed by atoms with Crippen LogP contribution in [-0.4, -0.2) is 42.8 Å². The van der Waals surface area contributed by atoms with Gasteiger partial charge in [-0.15, -0.1) is 0 Å². The van der Waals surface area contributed by atoms with Gasteiger partial charge in [0.1, 0.15) is 6.10 Å². The van der Waals surface area contributed by atoms with Crippen molar-refractivity contribution in [3.63, 3.8) is 0 Å². The summed E-state index contributed by atoms with van der Waals surface area (Å²) in [6, 6.07) is 0. The second-order valence-electron chi connectivity index (χ2n) is 7.01. The van der Waals surface area contributed by atoms with Gasteiger partial charge in [0, 0.05) is 6.61 Å². The number of carbonyl (C=O) groups is 1. The number of unbranched alkanes of at least 4 members (excludes halogenated alkanes) is 9. The van der Waals surface area contributed by atoms with Crippen LogP contribution in [0.15, 0.2) is 0 Å². The fourth-order valence-electron chi connectivity index (χ4n) is 3.05. The molecule has 5 heteroatoms. The fourth-order valence-corrected chi connectivity index (χ4v) is 3.05. The van der Waals surface area contributed by atoms with Crippen molar-refractivity contribution >= 4 is 5.97 Å². The third-order valence-corrected chi connectivity index (χ3v) is 4.41. The van der Waals surface area contributed by atoms with Crippen LogP contribution in [0.1, 0.15) is 84.5 Å². The Hall–Kier alpha value is -0.650. The minimum Gasteiger partial charge on any atom is -0.481 e. The van der Waals surface area contributed by atoms with Crippen LogP contribution in [0, 0.1) is 0 Å². The molecule has 2 unspecified atom stereocenters. The van der Waals surface area contributed by atoms with Crippen molar-refractivity contribution < 1.29 is 24.1 Å². The van der Waals surface area contributed by atoms with Gasteiger partial charge in [0.15, 0.2) is 5.79 Å². The van der Waals surface area contributed by atoms with Gasteiger partial charge in [0.25, 0.3) is 0 Å². The van der Waals surface area contributed by atoms with Crippen LogP contribution in [0.5, 0.6) is 0 Å². The van der Waals surface area contributed by atoms with Crippen molar-refractivity contribution in [1.82, 2.24) is 0 Å². The third kappa shape index (κ3) is 10.3. The normalized spacial score (nSPS) is 23.7. The molecule has 5 nitrogen and oxygen atoms in total. The van der Waals surface area contributed by atoms with E-state index < -0.39 is 11.8 Å². The Morgan fingerprint density at radius 2 is 1.67 bits per heavy atom. The highest BCUT2D eigenvalue weighted by Crippen LogP contribution is 2.26. The number of hydrogen-bond donors (Lipinski definition) is 1. The van der Waals surface area contributed by atoms with Crippen LogP contribution in [0.4, 0.5) is 0 Å². The largest absolute Gasteiger partial charge is 0.481 e. The molecule has 1 saturated heterocycles. The summed E-state index contributed by atoms with van der Waals surface area (Å²) in [7, 11) is 0. The lowest BCUT2D eigenvalue weighted by atomic mass is 10.1. The molecule has 0 bridgehead atoms. The summed E-state index contributed by atoms with van der Waals surface area (Å²) in [5.41, 5.74) is 0. The molecule has 1 aliphatic rings. The van der Waals surface area contributed by atoms with Gasteiger partial charge >= 0.3 is 5.97 Å². The van der Waals surface area contributed by atoms with Gasteiger partial charge in [0.2, 0.25) is 0 Å². The first-order valence-electron chi connectivity index (χ1n) is 9.67. The van der Waals surface area contributed by atoms with Crippen molar-refractivity contribution in [2.75, 3.05) is 19.8 Å². The van der Waals surface area contributed by atoms with Gasteiger partial charge in [-0.1, -0.05) is 64.7 Å². The Morgan fingerprint density at radius 3 is 2.25 bits per heavy atom. The molecule has 0 spiro atoms. The van der Waals surface area contributed by atoms with E-state index in [1.54, 1.807) is 6.92 Å². The molecule has 0 aromatic carbocycles. The Balaban J connectivity index is 1.87. The second kappa shape index (κ2) is 12.7. The van der Waals surface area contributed by atoms with Crippen LogP contribution in [-0.2, 0) is 19.0 Å². The van der Waals surface area contributed by atoms with Crippen LogP contribution < -0.4 is 0 Å². The second-order valence-corrected chi connectivity index (χ2v) is 7.01. The zero-order chi connectivity index (χ0) is 17.7. The van der Waals surface area contributed by atoms with Gasteiger partial charge in [-0.3, -0.25) is 4.79 Å². The van der Waals surface area contributed by atoms with E-state index in [0.29, 0.717) is 13.2 Å². The van der Waals surface area contributed by atoms with Crippen LogP contribution in [0.2, 0.25) is 0 Å². The smallest absolute Gasteiger partial charge is 0.308 e. The number of carboxylic acid groups (broad SMARTS) is 1. The van der Waals surface area contributed by atoms with Crippen molar-refractivity contribution in [2.45, 2.75) is 96.4 Å². The van der Waals surface area contributed by atoms with Crippen LogP contribution >= 0.6 is 0 Å². The number of aliphatic carboxylic acids is 1. The molecule has 1 heterocycles. The number of carboxylic acids is 1. The van der Waals surface area contributed by atoms with Gasteiger partial charge in [-0.05, 0) is 13.3 Å². The first kappa shape index (κ1) is 21.4. The standard InChI is InChI=1S/C19H36O5/c1-3-4-5-6-7-8-9-10-11-12-13-22-15-17-16-23-19(2,24-17)14-18(20)21/h17H,3-16H2,1-2H3,(H,20,21). The van der Waals surface area contributed by atoms with Crippen molar-refractivity contribution in [1.29, 1.82) is 0 Å². The van der Waals surface area contributed by atoms with E-state index in [0.717, 1.165) is 13.0 Å². The maximum Gasteiger partial charge on any atom is 0.308 e. The quantitative estimate of drug-likeness (QED) is 0.442. The molecule has 0 saturated carbocycles. The average molecular weight is 344 g/mol. The minimum absolute atomic E-state index is 0.137.